The first kappa shape index (κ1) is 12.8. The molecule has 0 radical (unpaired) electrons. The molecule has 0 aliphatic carbocycles. The highest BCUT2D eigenvalue weighted by atomic mass is 35.5. The fourth-order valence-electron chi connectivity index (χ4n) is 1.16. The maximum Gasteiger partial charge on any atom is 0.573 e. The van der Waals surface area contributed by atoms with Crippen LogP contribution < -0.4 is 4.74 Å². The average Bonchev–Trinajstić information content (AvgIpc) is 2.14. The first-order valence-corrected chi connectivity index (χ1v) is 4.79. The standard InChI is InChI=1S/C10H8ClF3O2/c1-2-6-3-4-7(9(11)15)8(5-6)16-10(12,13)14/h3-5H,2H2,1H3. The normalized spacial score (nSPS) is 11.3. The van der Waals surface area contributed by atoms with Gasteiger partial charge in [0.2, 0.25) is 0 Å². The third-order valence-corrected chi connectivity index (χ3v) is 2.10. The lowest BCUT2D eigenvalue weighted by Gasteiger charge is -2.12. The Morgan fingerprint density at radius 3 is 2.50 bits per heavy atom. The Morgan fingerprint density at radius 2 is 2.06 bits per heavy atom. The van der Waals surface area contributed by atoms with E-state index >= 15 is 0 Å². The van der Waals surface area contributed by atoms with Crippen molar-refractivity contribution in [2.24, 2.45) is 0 Å². The molecule has 6 heteroatoms. The Morgan fingerprint density at radius 1 is 1.44 bits per heavy atom. The summed E-state index contributed by atoms with van der Waals surface area (Å²) in [7, 11) is 0. The molecule has 0 saturated heterocycles. The molecule has 16 heavy (non-hydrogen) atoms. The van der Waals surface area contributed by atoms with Gasteiger partial charge in [0.05, 0.1) is 5.56 Å². The molecular weight excluding hydrogens is 245 g/mol. The maximum absolute atomic E-state index is 12.0. The summed E-state index contributed by atoms with van der Waals surface area (Å²) in [6.07, 6.45) is -4.31. The van der Waals surface area contributed by atoms with E-state index in [4.69, 9.17) is 11.6 Å². The third kappa shape index (κ3) is 3.41. The number of halogens is 4. The van der Waals surface area contributed by atoms with Crippen molar-refractivity contribution in [2.45, 2.75) is 19.7 Å². The number of hydrogen-bond acceptors (Lipinski definition) is 2. The van der Waals surface area contributed by atoms with Crippen molar-refractivity contribution >= 4 is 16.8 Å². The van der Waals surface area contributed by atoms with Crippen LogP contribution in [0.2, 0.25) is 0 Å². The van der Waals surface area contributed by atoms with Crippen LogP contribution in [0.1, 0.15) is 22.8 Å². The first-order valence-electron chi connectivity index (χ1n) is 4.42. The first-order chi connectivity index (χ1) is 7.33. The Labute approximate surface area is 95.0 Å². The molecule has 0 amide bonds. The van der Waals surface area contributed by atoms with Crippen LogP contribution in [-0.2, 0) is 6.42 Å². The highest BCUT2D eigenvalue weighted by Gasteiger charge is 2.32. The third-order valence-electron chi connectivity index (χ3n) is 1.89. The average molecular weight is 253 g/mol. The molecule has 0 heterocycles. The zero-order chi connectivity index (χ0) is 12.3. The Balaban J connectivity index is 3.15. The van der Waals surface area contributed by atoms with Crippen LogP contribution in [0.3, 0.4) is 0 Å². The van der Waals surface area contributed by atoms with Gasteiger partial charge in [0.15, 0.2) is 0 Å². The van der Waals surface area contributed by atoms with Crippen molar-refractivity contribution < 1.29 is 22.7 Å². The van der Waals surface area contributed by atoms with Gasteiger partial charge in [-0.1, -0.05) is 13.0 Å². The molecule has 0 unspecified atom stereocenters. The SMILES string of the molecule is CCc1ccc(C(=O)Cl)c(OC(F)(F)F)c1. The molecule has 0 spiro atoms. The lowest BCUT2D eigenvalue weighted by molar-refractivity contribution is -0.274. The zero-order valence-electron chi connectivity index (χ0n) is 8.27. The van der Waals surface area contributed by atoms with E-state index in [2.05, 4.69) is 4.74 Å². The molecule has 88 valence electrons. The zero-order valence-corrected chi connectivity index (χ0v) is 9.02. The van der Waals surface area contributed by atoms with Gasteiger partial charge in [-0.05, 0) is 35.7 Å². The van der Waals surface area contributed by atoms with Crippen LogP contribution in [0.15, 0.2) is 18.2 Å². The lowest BCUT2D eigenvalue weighted by Crippen LogP contribution is -2.18. The smallest absolute Gasteiger partial charge is 0.405 e. The van der Waals surface area contributed by atoms with E-state index in [9.17, 15) is 18.0 Å². The maximum atomic E-state index is 12.0. The predicted molar refractivity (Wildman–Crippen MR) is 52.7 cm³/mol. The lowest BCUT2D eigenvalue weighted by atomic mass is 10.1. The second kappa shape index (κ2) is 4.74. The molecule has 2 nitrogen and oxygen atoms in total. The summed E-state index contributed by atoms with van der Waals surface area (Å²) in [4.78, 5) is 10.9. The van der Waals surface area contributed by atoms with Gasteiger partial charge >= 0.3 is 6.36 Å². The number of carbonyl (C=O) groups is 1. The highest BCUT2D eigenvalue weighted by molar-refractivity contribution is 6.68. The number of hydrogen-bond donors (Lipinski definition) is 0. The van der Waals surface area contributed by atoms with E-state index in [1.165, 1.54) is 12.1 Å². The molecule has 0 N–H and O–H groups in total. The summed E-state index contributed by atoms with van der Waals surface area (Å²) in [6.45, 7) is 1.77. The van der Waals surface area contributed by atoms with Crippen molar-refractivity contribution in [3.05, 3.63) is 29.3 Å². The van der Waals surface area contributed by atoms with Crippen LogP contribution in [0.4, 0.5) is 13.2 Å². The summed E-state index contributed by atoms with van der Waals surface area (Å²) in [6, 6.07) is 3.90. The molecule has 0 aliphatic rings. The second-order valence-electron chi connectivity index (χ2n) is 3.01. The van der Waals surface area contributed by atoms with E-state index in [1.807, 2.05) is 0 Å². The van der Waals surface area contributed by atoms with Crippen LogP contribution in [0.5, 0.6) is 5.75 Å². The van der Waals surface area contributed by atoms with Gasteiger partial charge in [0, 0.05) is 0 Å². The number of ether oxygens (including phenoxy) is 1. The molecule has 1 aromatic rings. The Hall–Kier alpha value is -1.23. The van der Waals surface area contributed by atoms with Gasteiger partial charge < -0.3 is 4.74 Å². The fraction of sp³-hybridized carbons (Fsp3) is 0.300. The van der Waals surface area contributed by atoms with Gasteiger partial charge in [0.1, 0.15) is 5.75 Å². The number of rotatable bonds is 3. The van der Waals surface area contributed by atoms with Gasteiger partial charge in [-0.2, -0.15) is 0 Å². The second-order valence-corrected chi connectivity index (χ2v) is 3.35. The summed E-state index contributed by atoms with van der Waals surface area (Å²) < 4.78 is 39.9. The highest BCUT2D eigenvalue weighted by Crippen LogP contribution is 2.28. The summed E-state index contributed by atoms with van der Waals surface area (Å²) in [5.41, 5.74) is 0.331. The van der Waals surface area contributed by atoms with Crippen molar-refractivity contribution in [1.82, 2.24) is 0 Å². The molecule has 0 bridgehead atoms. The summed E-state index contributed by atoms with van der Waals surface area (Å²) >= 11 is 5.15. The van der Waals surface area contributed by atoms with Crippen molar-refractivity contribution in [2.75, 3.05) is 0 Å². The molecule has 0 atom stereocenters. The molecule has 1 aromatic carbocycles. The van der Waals surface area contributed by atoms with Gasteiger partial charge in [-0.3, -0.25) is 4.79 Å². The Kier molecular flexibility index (Phi) is 3.80. The monoisotopic (exact) mass is 252 g/mol. The minimum Gasteiger partial charge on any atom is -0.405 e. The minimum atomic E-state index is -4.84. The summed E-state index contributed by atoms with van der Waals surface area (Å²) in [5.74, 6) is -0.563. The molecule has 1 rings (SSSR count). The fourth-order valence-corrected chi connectivity index (χ4v) is 1.31. The van der Waals surface area contributed by atoms with E-state index < -0.39 is 17.4 Å². The summed E-state index contributed by atoms with van der Waals surface area (Å²) in [5, 5.41) is -0.984. The van der Waals surface area contributed by atoms with Crippen molar-refractivity contribution in [3.63, 3.8) is 0 Å². The number of aryl methyl sites for hydroxylation is 1. The van der Waals surface area contributed by atoms with E-state index in [0.717, 1.165) is 6.07 Å². The molecule has 0 fully saturated rings. The van der Waals surface area contributed by atoms with Gasteiger partial charge in [0.25, 0.3) is 5.24 Å². The largest absolute Gasteiger partial charge is 0.573 e. The van der Waals surface area contributed by atoms with Crippen molar-refractivity contribution in [1.29, 1.82) is 0 Å². The van der Waals surface area contributed by atoms with Gasteiger partial charge in [-0.15, -0.1) is 13.2 Å². The minimum absolute atomic E-state index is 0.295. The number of benzene rings is 1. The number of alkyl halides is 3. The Bertz CT molecular complexity index is 402. The van der Waals surface area contributed by atoms with Crippen LogP contribution >= 0.6 is 11.6 Å². The van der Waals surface area contributed by atoms with Crippen LogP contribution in [-0.4, -0.2) is 11.6 Å². The molecule has 0 saturated carbocycles. The quantitative estimate of drug-likeness (QED) is 0.770. The van der Waals surface area contributed by atoms with Crippen LogP contribution in [0.25, 0.3) is 0 Å². The number of carbonyl (C=O) groups excluding carboxylic acids is 1. The van der Waals surface area contributed by atoms with Crippen molar-refractivity contribution in [3.8, 4) is 5.75 Å². The van der Waals surface area contributed by atoms with E-state index in [1.54, 1.807) is 6.92 Å². The van der Waals surface area contributed by atoms with E-state index in [0.29, 0.717) is 12.0 Å². The van der Waals surface area contributed by atoms with E-state index in [-0.39, 0.29) is 5.56 Å². The molecule has 0 aliphatic heterocycles. The molecule has 0 aromatic heterocycles. The van der Waals surface area contributed by atoms with Gasteiger partial charge in [-0.25, -0.2) is 0 Å². The van der Waals surface area contributed by atoms with Crippen LogP contribution in [0, 0.1) is 0 Å². The molecular formula is C10H8ClF3O2. The topological polar surface area (TPSA) is 26.3 Å². The predicted octanol–water partition coefficient (Wildman–Crippen LogP) is 3.53.